The van der Waals surface area contributed by atoms with Crippen molar-refractivity contribution in [2.45, 2.75) is 5.41 Å². The van der Waals surface area contributed by atoms with Crippen LogP contribution in [0.2, 0.25) is 0 Å². The average Bonchev–Trinajstić information content (AvgIpc) is 2.55. The predicted octanol–water partition coefficient (Wildman–Crippen LogP) is 1.46. The summed E-state index contributed by atoms with van der Waals surface area (Å²) in [4.78, 5) is 12.0. The standard InChI is InChI=1S/C12H12N2O.ClH/c15-11-12(6-3-7-13-8-12)9-4-1-2-5-10(9)14-11;/h1-6,13H,7-8H2,(H,14,15);1H/t12-;/m1./s1. The molecule has 1 amide bonds. The molecule has 1 spiro atoms. The van der Waals surface area contributed by atoms with E-state index in [-0.39, 0.29) is 18.3 Å². The molecule has 0 saturated heterocycles. The van der Waals surface area contributed by atoms with Gasteiger partial charge in [0.25, 0.3) is 0 Å². The Morgan fingerprint density at radius 1 is 1.25 bits per heavy atom. The molecule has 2 heterocycles. The van der Waals surface area contributed by atoms with E-state index in [1.54, 1.807) is 0 Å². The molecular weight excluding hydrogens is 224 g/mol. The normalized spacial score (nSPS) is 26.1. The molecule has 2 aliphatic rings. The van der Waals surface area contributed by atoms with Crippen LogP contribution in [-0.2, 0) is 10.2 Å². The number of benzene rings is 1. The number of para-hydroxylation sites is 1. The Balaban J connectivity index is 0.000000963. The van der Waals surface area contributed by atoms with Gasteiger partial charge in [0.15, 0.2) is 0 Å². The first-order chi connectivity index (χ1) is 7.33. The summed E-state index contributed by atoms with van der Waals surface area (Å²) < 4.78 is 0. The number of halogens is 1. The monoisotopic (exact) mass is 236 g/mol. The fourth-order valence-electron chi connectivity index (χ4n) is 2.35. The first-order valence-corrected chi connectivity index (χ1v) is 5.12. The lowest BCUT2D eigenvalue weighted by Crippen LogP contribution is -2.44. The predicted molar refractivity (Wildman–Crippen MR) is 66.0 cm³/mol. The van der Waals surface area contributed by atoms with E-state index in [1.165, 1.54) is 0 Å². The minimum atomic E-state index is -0.477. The van der Waals surface area contributed by atoms with E-state index >= 15 is 0 Å². The van der Waals surface area contributed by atoms with E-state index < -0.39 is 5.41 Å². The SMILES string of the molecule is Cl.O=C1Nc2ccccc2[C@]12C=CCNC2. The second-order valence-electron chi connectivity index (χ2n) is 4.00. The molecule has 0 unspecified atom stereocenters. The van der Waals surface area contributed by atoms with Gasteiger partial charge >= 0.3 is 0 Å². The minimum Gasteiger partial charge on any atom is -0.325 e. The summed E-state index contributed by atoms with van der Waals surface area (Å²) in [7, 11) is 0. The Hall–Kier alpha value is -1.32. The molecule has 0 fully saturated rings. The van der Waals surface area contributed by atoms with E-state index in [1.807, 2.05) is 36.4 Å². The highest BCUT2D eigenvalue weighted by molar-refractivity contribution is 6.08. The lowest BCUT2D eigenvalue weighted by atomic mass is 9.80. The topological polar surface area (TPSA) is 41.1 Å². The van der Waals surface area contributed by atoms with Gasteiger partial charge in [-0.25, -0.2) is 0 Å². The van der Waals surface area contributed by atoms with Crippen LogP contribution in [0.25, 0.3) is 0 Å². The van der Waals surface area contributed by atoms with Crippen LogP contribution in [0, 0.1) is 0 Å². The molecular formula is C12H13ClN2O. The molecule has 4 heteroatoms. The smallest absolute Gasteiger partial charge is 0.240 e. The second-order valence-corrected chi connectivity index (χ2v) is 4.00. The highest BCUT2D eigenvalue weighted by Crippen LogP contribution is 2.39. The van der Waals surface area contributed by atoms with Gasteiger partial charge in [0.1, 0.15) is 5.41 Å². The van der Waals surface area contributed by atoms with Gasteiger partial charge in [-0.1, -0.05) is 30.4 Å². The van der Waals surface area contributed by atoms with Gasteiger partial charge in [0, 0.05) is 18.8 Å². The zero-order valence-corrected chi connectivity index (χ0v) is 9.51. The van der Waals surface area contributed by atoms with Crippen molar-refractivity contribution in [2.24, 2.45) is 0 Å². The molecule has 0 radical (unpaired) electrons. The van der Waals surface area contributed by atoms with Gasteiger partial charge in [0.2, 0.25) is 5.91 Å². The maximum Gasteiger partial charge on any atom is 0.240 e. The number of fused-ring (bicyclic) bond motifs is 2. The summed E-state index contributed by atoms with van der Waals surface area (Å²) in [6.07, 6.45) is 4.04. The maximum atomic E-state index is 12.0. The van der Waals surface area contributed by atoms with Crippen molar-refractivity contribution >= 4 is 24.0 Å². The van der Waals surface area contributed by atoms with Crippen LogP contribution < -0.4 is 10.6 Å². The Bertz CT molecular complexity index is 458. The van der Waals surface area contributed by atoms with Crippen molar-refractivity contribution in [3.8, 4) is 0 Å². The molecule has 2 aliphatic heterocycles. The highest BCUT2D eigenvalue weighted by atomic mass is 35.5. The zero-order valence-electron chi connectivity index (χ0n) is 8.69. The average molecular weight is 237 g/mol. The third-order valence-electron chi connectivity index (χ3n) is 3.13. The van der Waals surface area contributed by atoms with Crippen molar-refractivity contribution < 1.29 is 4.79 Å². The maximum absolute atomic E-state index is 12.0. The Morgan fingerprint density at radius 2 is 2.06 bits per heavy atom. The van der Waals surface area contributed by atoms with Crippen molar-refractivity contribution in [1.82, 2.24) is 5.32 Å². The van der Waals surface area contributed by atoms with Gasteiger partial charge in [-0.05, 0) is 11.6 Å². The van der Waals surface area contributed by atoms with Crippen LogP contribution in [0.15, 0.2) is 36.4 Å². The summed E-state index contributed by atoms with van der Waals surface area (Å²) in [5.74, 6) is 0.0761. The number of hydrogen-bond donors (Lipinski definition) is 2. The van der Waals surface area contributed by atoms with Crippen LogP contribution in [-0.4, -0.2) is 19.0 Å². The number of hydrogen-bond acceptors (Lipinski definition) is 2. The molecule has 1 aromatic carbocycles. The van der Waals surface area contributed by atoms with E-state index in [9.17, 15) is 4.79 Å². The number of carbonyl (C=O) groups excluding carboxylic acids is 1. The van der Waals surface area contributed by atoms with Gasteiger partial charge in [-0.3, -0.25) is 4.79 Å². The van der Waals surface area contributed by atoms with E-state index in [0.717, 1.165) is 17.8 Å². The molecule has 16 heavy (non-hydrogen) atoms. The fraction of sp³-hybridized carbons (Fsp3) is 0.250. The molecule has 1 atom stereocenters. The van der Waals surface area contributed by atoms with Crippen LogP contribution in [0.4, 0.5) is 5.69 Å². The first kappa shape index (κ1) is 11.2. The van der Waals surface area contributed by atoms with Gasteiger partial charge < -0.3 is 10.6 Å². The molecule has 3 nitrogen and oxygen atoms in total. The van der Waals surface area contributed by atoms with Crippen LogP contribution in [0.3, 0.4) is 0 Å². The highest BCUT2D eigenvalue weighted by Gasteiger charge is 2.44. The van der Waals surface area contributed by atoms with Crippen molar-refractivity contribution in [1.29, 1.82) is 0 Å². The van der Waals surface area contributed by atoms with E-state index in [2.05, 4.69) is 10.6 Å². The summed E-state index contributed by atoms with van der Waals surface area (Å²) >= 11 is 0. The Labute approximate surface area is 100 Å². The van der Waals surface area contributed by atoms with Gasteiger partial charge in [-0.15, -0.1) is 12.4 Å². The molecule has 0 saturated carbocycles. The number of carbonyl (C=O) groups is 1. The zero-order chi connectivity index (χ0) is 10.3. The third-order valence-corrected chi connectivity index (χ3v) is 3.13. The summed E-state index contributed by atoms with van der Waals surface area (Å²) in [6, 6.07) is 7.89. The first-order valence-electron chi connectivity index (χ1n) is 5.12. The summed E-state index contributed by atoms with van der Waals surface area (Å²) in [5, 5.41) is 6.17. The third kappa shape index (κ3) is 1.36. The molecule has 0 aromatic heterocycles. The second kappa shape index (κ2) is 3.92. The number of nitrogens with one attached hydrogen (secondary N) is 2. The van der Waals surface area contributed by atoms with Gasteiger partial charge in [0.05, 0.1) is 0 Å². The Morgan fingerprint density at radius 3 is 2.81 bits per heavy atom. The molecule has 84 valence electrons. The summed E-state index contributed by atoms with van der Waals surface area (Å²) in [6.45, 7) is 1.53. The minimum absolute atomic E-state index is 0. The van der Waals surface area contributed by atoms with Crippen LogP contribution in [0.5, 0.6) is 0 Å². The van der Waals surface area contributed by atoms with E-state index in [0.29, 0.717) is 6.54 Å². The number of amides is 1. The van der Waals surface area contributed by atoms with E-state index in [4.69, 9.17) is 0 Å². The molecule has 3 rings (SSSR count). The van der Waals surface area contributed by atoms with Crippen molar-refractivity contribution in [3.63, 3.8) is 0 Å². The van der Waals surface area contributed by atoms with Crippen molar-refractivity contribution in [3.05, 3.63) is 42.0 Å². The lowest BCUT2D eigenvalue weighted by molar-refractivity contribution is -0.119. The largest absolute Gasteiger partial charge is 0.325 e. The molecule has 0 aliphatic carbocycles. The van der Waals surface area contributed by atoms with Crippen LogP contribution in [0.1, 0.15) is 5.56 Å². The van der Waals surface area contributed by atoms with Gasteiger partial charge in [-0.2, -0.15) is 0 Å². The quantitative estimate of drug-likeness (QED) is 0.670. The summed E-state index contributed by atoms with van der Waals surface area (Å²) in [5.41, 5.74) is 1.55. The van der Waals surface area contributed by atoms with Crippen LogP contribution >= 0.6 is 12.4 Å². The lowest BCUT2D eigenvalue weighted by Gasteiger charge is -2.27. The number of anilines is 1. The fourth-order valence-corrected chi connectivity index (χ4v) is 2.35. The molecule has 1 aromatic rings. The Kier molecular flexibility index (Phi) is 2.74. The molecule has 2 N–H and O–H groups in total. The molecule has 0 bridgehead atoms. The van der Waals surface area contributed by atoms with Crippen molar-refractivity contribution in [2.75, 3.05) is 18.4 Å². The number of rotatable bonds is 0.